The summed E-state index contributed by atoms with van der Waals surface area (Å²) in [6, 6.07) is 1.79. The van der Waals surface area contributed by atoms with E-state index in [0.29, 0.717) is 10.3 Å². The molecule has 2 aromatic rings. The Bertz CT molecular complexity index is 932. The van der Waals surface area contributed by atoms with Gasteiger partial charge in [0.15, 0.2) is 5.82 Å². The van der Waals surface area contributed by atoms with Gasteiger partial charge in [-0.2, -0.15) is 13.2 Å². The molecule has 1 atom stereocenters. The Morgan fingerprint density at radius 2 is 2.16 bits per heavy atom. The molecule has 1 N–H and O–H groups in total. The predicted molar refractivity (Wildman–Crippen MR) is 93.8 cm³/mol. The van der Waals surface area contributed by atoms with Crippen LogP contribution in [0.25, 0.3) is 10.5 Å². The zero-order valence-electron chi connectivity index (χ0n) is 12.3. The van der Waals surface area contributed by atoms with Crippen molar-refractivity contribution in [1.82, 2.24) is 9.78 Å². The summed E-state index contributed by atoms with van der Waals surface area (Å²) in [5.74, 6) is 0.297. The molecule has 0 spiro atoms. The number of fused-ring (bicyclic) bond motifs is 3. The lowest BCUT2D eigenvalue weighted by atomic mass is 9.87. The van der Waals surface area contributed by atoms with Crippen molar-refractivity contribution in [3.8, 4) is 5.69 Å². The highest BCUT2D eigenvalue weighted by atomic mass is 79.9. The van der Waals surface area contributed by atoms with E-state index in [2.05, 4.69) is 37.8 Å². The van der Waals surface area contributed by atoms with Gasteiger partial charge in [0.1, 0.15) is 5.69 Å². The summed E-state index contributed by atoms with van der Waals surface area (Å²) in [5, 5.41) is 6.98. The van der Waals surface area contributed by atoms with E-state index in [-0.39, 0.29) is 28.0 Å². The van der Waals surface area contributed by atoms with Gasteiger partial charge < -0.3 is 10.2 Å². The van der Waals surface area contributed by atoms with Gasteiger partial charge in [-0.05, 0) is 17.2 Å². The largest absolute Gasteiger partial charge is 0.416 e. The van der Waals surface area contributed by atoms with Gasteiger partial charge in [-0.1, -0.05) is 40.2 Å². The minimum atomic E-state index is -4.58. The first kappa shape index (κ1) is 18.1. The number of hydrogen-bond donors (Lipinski definition) is 1. The Kier molecular flexibility index (Phi) is 4.30. The number of hydrogen-bond acceptors (Lipinski definition) is 2. The van der Waals surface area contributed by atoms with Crippen molar-refractivity contribution in [3.05, 3.63) is 56.8 Å². The van der Waals surface area contributed by atoms with Gasteiger partial charge in [0, 0.05) is 5.56 Å². The van der Waals surface area contributed by atoms with Crippen LogP contribution in [-0.4, -0.2) is 15.7 Å². The normalized spacial score (nSPS) is 18.8. The maximum absolute atomic E-state index is 13.2. The van der Waals surface area contributed by atoms with Crippen LogP contribution in [0.3, 0.4) is 0 Å². The maximum Gasteiger partial charge on any atom is 0.416 e. The minimum absolute atomic E-state index is 0.0406. The second-order valence-corrected chi connectivity index (χ2v) is 6.76. The Balaban J connectivity index is 2.42. The molecule has 130 valence electrons. The second-order valence-electron chi connectivity index (χ2n) is 5.30. The molecule has 10 heteroatoms. The Morgan fingerprint density at radius 1 is 1.48 bits per heavy atom. The molecule has 1 aliphatic heterocycles. The molecule has 3 rings (SSSR count). The monoisotopic (exact) mass is 450 g/mol. The summed E-state index contributed by atoms with van der Waals surface area (Å²) in [7, 11) is 0. The van der Waals surface area contributed by atoms with E-state index < -0.39 is 17.3 Å². The summed E-state index contributed by atoms with van der Waals surface area (Å²) in [6.45, 7) is 10.9. The van der Waals surface area contributed by atoms with Crippen LogP contribution < -0.4 is 5.32 Å². The van der Waals surface area contributed by atoms with E-state index >= 15 is 0 Å². The summed E-state index contributed by atoms with van der Waals surface area (Å²) < 4.78 is 41.3. The van der Waals surface area contributed by atoms with E-state index in [4.69, 9.17) is 29.8 Å². The number of halogens is 6. The number of alkyl halides is 4. The van der Waals surface area contributed by atoms with Crippen LogP contribution >= 0.6 is 39.1 Å². The number of benzene rings is 1. The summed E-state index contributed by atoms with van der Waals surface area (Å²) in [4.78, 5) is 3.28. The fourth-order valence-corrected chi connectivity index (χ4v) is 3.70. The molecular weight excluding hydrogens is 444 g/mol. The smallest absolute Gasteiger partial charge is 0.358 e. The van der Waals surface area contributed by atoms with Crippen molar-refractivity contribution in [2.45, 2.75) is 11.7 Å². The molecule has 4 nitrogen and oxygen atoms in total. The quantitative estimate of drug-likeness (QED) is 0.350. The van der Waals surface area contributed by atoms with Crippen LogP contribution in [0.15, 0.2) is 29.3 Å². The molecule has 1 aromatic heterocycles. The zero-order chi connectivity index (χ0) is 18.6. The molecule has 1 aromatic carbocycles. The number of rotatable bonds is 2. The molecule has 0 fully saturated rings. The molecule has 0 saturated heterocycles. The predicted octanol–water partition coefficient (Wildman–Crippen LogP) is 5.90. The molecule has 2 heterocycles. The lowest BCUT2D eigenvalue weighted by Gasteiger charge is -2.37. The maximum atomic E-state index is 13.2. The van der Waals surface area contributed by atoms with Gasteiger partial charge in [-0.25, -0.2) is 0 Å². The van der Waals surface area contributed by atoms with Crippen LogP contribution in [-0.2, 0) is 11.7 Å². The number of nitrogens with zero attached hydrogens (tertiary/aromatic N) is 3. The third-order valence-electron chi connectivity index (χ3n) is 3.90. The van der Waals surface area contributed by atoms with Gasteiger partial charge in [0.05, 0.1) is 26.5 Å². The first-order valence-electron chi connectivity index (χ1n) is 6.74. The topological polar surface area (TPSA) is 34.2 Å². The Hall–Kier alpha value is -1.69. The molecule has 0 radical (unpaired) electrons. The number of anilines is 1. The van der Waals surface area contributed by atoms with Crippen LogP contribution in [0.4, 0.5) is 24.8 Å². The molecule has 0 bridgehead atoms. The average molecular weight is 452 g/mol. The second kappa shape index (κ2) is 5.94. The first-order chi connectivity index (χ1) is 11.7. The van der Waals surface area contributed by atoms with Crippen LogP contribution in [0, 0.1) is 6.57 Å². The highest BCUT2D eigenvalue weighted by molar-refractivity contribution is 9.10. The van der Waals surface area contributed by atoms with Crippen molar-refractivity contribution in [2.24, 2.45) is 0 Å². The fourth-order valence-electron chi connectivity index (χ4n) is 2.65. The van der Waals surface area contributed by atoms with Crippen LogP contribution in [0.5, 0.6) is 0 Å². The summed E-state index contributed by atoms with van der Waals surface area (Å²) >= 11 is 15.5. The molecule has 0 amide bonds. The summed E-state index contributed by atoms with van der Waals surface area (Å²) in [5.41, 5.74) is -1.72. The van der Waals surface area contributed by atoms with Crippen LogP contribution in [0.1, 0.15) is 11.1 Å². The Labute approximate surface area is 159 Å². The van der Waals surface area contributed by atoms with E-state index in [1.54, 1.807) is 0 Å². The van der Waals surface area contributed by atoms with E-state index in [1.807, 2.05) is 0 Å². The fraction of sp³-hybridized carbons (Fsp3) is 0.200. The number of aromatic nitrogens is 2. The first-order valence-corrected chi connectivity index (χ1v) is 8.44. The molecule has 1 aliphatic rings. The SMILES string of the molecule is [C-]#[N+]c1nn2c(c1Br)NC(C=C)(CCl)c1cc(C(F)(F)F)cc(Cl)c1-2. The van der Waals surface area contributed by atoms with E-state index in [1.165, 1.54) is 10.8 Å². The molecule has 0 saturated carbocycles. The van der Waals surface area contributed by atoms with E-state index in [9.17, 15) is 13.2 Å². The van der Waals surface area contributed by atoms with E-state index in [0.717, 1.165) is 12.1 Å². The third-order valence-corrected chi connectivity index (χ3v) is 5.34. The van der Waals surface area contributed by atoms with Crippen molar-refractivity contribution in [3.63, 3.8) is 0 Å². The van der Waals surface area contributed by atoms with Gasteiger partial charge in [-0.15, -0.1) is 22.9 Å². The van der Waals surface area contributed by atoms with Crippen molar-refractivity contribution in [2.75, 3.05) is 11.2 Å². The zero-order valence-corrected chi connectivity index (χ0v) is 15.4. The van der Waals surface area contributed by atoms with Crippen molar-refractivity contribution >= 4 is 50.8 Å². The lowest BCUT2D eigenvalue weighted by Crippen LogP contribution is -2.40. The van der Waals surface area contributed by atoms with Crippen molar-refractivity contribution in [1.29, 1.82) is 0 Å². The Morgan fingerprint density at radius 3 is 2.68 bits per heavy atom. The van der Waals surface area contributed by atoms with Crippen molar-refractivity contribution < 1.29 is 13.2 Å². The third kappa shape index (κ3) is 2.62. The van der Waals surface area contributed by atoms with Gasteiger partial charge in [0.25, 0.3) is 0 Å². The average Bonchev–Trinajstić information content (AvgIpc) is 2.88. The van der Waals surface area contributed by atoms with Gasteiger partial charge in [-0.3, -0.25) is 0 Å². The minimum Gasteiger partial charge on any atom is -0.358 e. The summed E-state index contributed by atoms with van der Waals surface area (Å²) in [6.07, 6.45) is -3.17. The molecule has 1 unspecified atom stereocenters. The number of nitrogens with one attached hydrogen (secondary N) is 1. The van der Waals surface area contributed by atoms with Gasteiger partial charge >= 0.3 is 12.0 Å². The standard InChI is InChI=1S/C15H8BrCl2F3N4/c1-3-14(6-17)8-4-7(15(19,20)21)5-9(18)11(8)25-13(23-14)10(16)12(22-2)24-25/h3-5,23H,1,6H2. The lowest BCUT2D eigenvalue weighted by molar-refractivity contribution is -0.137. The molecule has 0 aliphatic carbocycles. The van der Waals surface area contributed by atoms with Gasteiger partial charge in [0.2, 0.25) is 0 Å². The van der Waals surface area contributed by atoms with Crippen LogP contribution in [0.2, 0.25) is 5.02 Å². The molecular formula is C15H8BrCl2F3N4. The highest BCUT2D eigenvalue weighted by Crippen LogP contribution is 2.48. The highest BCUT2D eigenvalue weighted by Gasteiger charge is 2.43. The molecule has 25 heavy (non-hydrogen) atoms.